The van der Waals surface area contributed by atoms with E-state index in [4.69, 9.17) is 4.74 Å². The van der Waals surface area contributed by atoms with Crippen molar-refractivity contribution >= 4 is 0 Å². The van der Waals surface area contributed by atoms with Gasteiger partial charge in [0.1, 0.15) is 0 Å². The highest BCUT2D eigenvalue weighted by Gasteiger charge is 2.40. The fraction of sp³-hybridized carbons (Fsp3) is 1.00. The minimum atomic E-state index is -0.0208. The molecule has 0 aliphatic rings. The van der Waals surface area contributed by atoms with Crippen LogP contribution in [0.3, 0.4) is 0 Å². The second-order valence-electron chi connectivity index (χ2n) is 4.72. The molecule has 0 radical (unpaired) electrons. The van der Waals surface area contributed by atoms with Gasteiger partial charge in [0.05, 0.1) is 5.60 Å². The topological polar surface area (TPSA) is 9.23 Å². The zero-order valence-corrected chi connectivity index (χ0v) is 8.99. The van der Waals surface area contributed by atoms with Crippen molar-refractivity contribution in [3.63, 3.8) is 0 Å². The lowest BCUT2D eigenvalue weighted by Gasteiger charge is -2.44. The molecule has 1 unspecified atom stereocenters. The molecule has 0 aliphatic carbocycles. The molecule has 1 nitrogen and oxygen atoms in total. The molecular formula is C10H22O. The smallest absolute Gasteiger partial charge is 0.0721 e. The molecule has 0 aromatic heterocycles. The van der Waals surface area contributed by atoms with Gasteiger partial charge in [0.2, 0.25) is 0 Å². The van der Waals surface area contributed by atoms with Crippen LogP contribution in [-0.2, 0) is 4.74 Å². The summed E-state index contributed by atoms with van der Waals surface area (Å²) in [6, 6.07) is 0. The van der Waals surface area contributed by atoms with Crippen LogP contribution >= 0.6 is 0 Å². The van der Waals surface area contributed by atoms with Crippen LogP contribution in [0.2, 0.25) is 0 Å². The van der Waals surface area contributed by atoms with Crippen molar-refractivity contribution < 1.29 is 4.74 Å². The molecule has 68 valence electrons. The lowest BCUT2D eigenvalue weighted by Crippen LogP contribution is -2.46. The molecule has 0 aromatic carbocycles. The van der Waals surface area contributed by atoms with Gasteiger partial charge >= 0.3 is 0 Å². The predicted octanol–water partition coefficient (Wildman–Crippen LogP) is 3.09. The first kappa shape index (κ1) is 11.0. The minimum absolute atomic E-state index is 0.0208. The summed E-state index contributed by atoms with van der Waals surface area (Å²) in [7, 11) is 1.80. The molecule has 0 bridgehead atoms. The third-order valence-electron chi connectivity index (χ3n) is 3.01. The van der Waals surface area contributed by atoms with Gasteiger partial charge < -0.3 is 4.74 Å². The van der Waals surface area contributed by atoms with Crippen molar-refractivity contribution in [2.24, 2.45) is 11.3 Å². The Morgan fingerprint density at radius 2 is 1.36 bits per heavy atom. The number of hydrogen-bond donors (Lipinski definition) is 0. The Kier molecular flexibility index (Phi) is 3.13. The van der Waals surface area contributed by atoms with E-state index in [1.807, 2.05) is 0 Å². The fourth-order valence-corrected chi connectivity index (χ4v) is 1.41. The lowest BCUT2D eigenvalue weighted by atomic mass is 9.71. The van der Waals surface area contributed by atoms with Gasteiger partial charge in [-0.3, -0.25) is 0 Å². The van der Waals surface area contributed by atoms with E-state index in [1.54, 1.807) is 7.11 Å². The quantitative estimate of drug-likeness (QED) is 0.600. The summed E-state index contributed by atoms with van der Waals surface area (Å²) in [6.07, 6.45) is 0. The number of rotatable bonds is 2. The van der Waals surface area contributed by atoms with Crippen molar-refractivity contribution in [2.45, 2.75) is 47.1 Å². The van der Waals surface area contributed by atoms with Gasteiger partial charge in [0, 0.05) is 7.11 Å². The predicted molar refractivity (Wildman–Crippen MR) is 49.7 cm³/mol. The molecule has 0 fully saturated rings. The molecule has 0 saturated heterocycles. The van der Waals surface area contributed by atoms with Gasteiger partial charge in [-0.05, 0) is 18.3 Å². The Labute approximate surface area is 71.1 Å². The van der Waals surface area contributed by atoms with Crippen LogP contribution in [-0.4, -0.2) is 12.7 Å². The molecular weight excluding hydrogens is 136 g/mol. The molecule has 0 aromatic rings. The molecule has 0 heterocycles. The Bertz CT molecular complexity index is 121. The van der Waals surface area contributed by atoms with Crippen LogP contribution in [0.5, 0.6) is 0 Å². The molecule has 0 rings (SSSR count). The maximum absolute atomic E-state index is 5.56. The Balaban J connectivity index is 4.61. The van der Waals surface area contributed by atoms with E-state index < -0.39 is 0 Å². The van der Waals surface area contributed by atoms with Gasteiger partial charge in [-0.25, -0.2) is 0 Å². The minimum Gasteiger partial charge on any atom is -0.378 e. The summed E-state index contributed by atoms with van der Waals surface area (Å²) in [6.45, 7) is 13.2. The Morgan fingerprint density at radius 3 is 1.36 bits per heavy atom. The second-order valence-corrected chi connectivity index (χ2v) is 4.72. The maximum atomic E-state index is 5.56. The summed E-state index contributed by atoms with van der Waals surface area (Å²) < 4.78 is 5.56. The highest BCUT2D eigenvalue weighted by Crippen LogP contribution is 2.38. The van der Waals surface area contributed by atoms with Crippen LogP contribution in [0.15, 0.2) is 0 Å². The molecule has 0 spiro atoms. The van der Waals surface area contributed by atoms with Crippen LogP contribution in [0.1, 0.15) is 41.5 Å². The third kappa shape index (κ3) is 1.96. The zero-order valence-electron chi connectivity index (χ0n) is 8.99. The van der Waals surface area contributed by atoms with E-state index >= 15 is 0 Å². The van der Waals surface area contributed by atoms with E-state index in [2.05, 4.69) is 41.5 Å². The highest BCUT2D eigenvalue weighted by atomic mass is 16.5. The largest absolute Gasteiger partial charge is 0.378 e. The van der Waals surface area contributed by atoms with Crippen molar-refractivity contribution in [1.82, 2.24) is 0 Å². The van der Waals surface area contributed by atoms with Crippen molar-refractivity contribution in [3.05, 3.63) is 0 Å². The summed E-state index contributed by atoms with van der Waals surface area (Å²) >= 11 is 0. The first-order valence-electron chi connectivity index (χ1n) is 4.31. The number of hydrogen-bond acceptors (Lipinski definition) is 1. The summed E-state index contributed by atoms with van der Waals surface area (Å²) in [5, 5.41) is 0. The van der Waals surface area contributed by atoms with Crippen LogP contribution in [0, 0.1) is 11.3 Å². The second kappa shape index (κ2) is 3.14. The van der Waals surface area contributed by atoms with E-state index in [1.165, 1.54) is 0 Å². The zero-order chi connectivity index (χ0) is 9.28. The van der Waals surface area contributed by atoms with E-state index in [0.29, 0.717) is 5.92 Å². The third-order valence-corrected chi connectivity index (χ3v) is 3.01. The summed E-state index contributed by atoms with van der Waals surface area (Å²) in [5.74, 6) is 0.549. The Hall–Kier alpha value is -0.0400. The highest BCUT2D eigenvalue weighted by molar-refractivity contribution is 4.90. The van der Waals surface area contributed by atoms with Crippen LogP contribution in [0.25, 0.3) is 0 Å². The summed E-state index contributed by atoms with van der Waals surface area (Å²) in [5.41, 5.74) is 0.183. The molecule has 1 heteroatoms. The fourth-order valence-electron chi connectivity index (χ4n) is 1.41. The summed E-state index contributed by atoms with van der Waals surface area (Å²) in [4.78, 5) is 0. The normalized spacial score (nSPS) is 18.5. The van der Waals surface area contributed by atoms with E-state index in [0.717, 1.165) is 0 Å². The van der Waals surface area contributed by atoms with Gasteiger partial charge in [-0.2, -0.15) is 0 Å². The van der Waals surface area contributed by atoms with Crippen LogP contribution in [0.4, 0.5) is 0 Å². The molecule has 0 N–H and O–H groups in total. The average Bonchev–Trinajstić information content (AvgIpc) is 1.83. The maximum Gasteiger partial charge on any atom is 0.0721 e. The molecule has 0 aliphatic heterocycles. The van der Waals surface area contributed by atoms with E-state index in [9.17, 15) is 0 Å². The van der Waals surface area contributed by atoms with E-state index in [-0.39, 0.29) is 11.0 Å². The van der Waals surface area contributed by atoms with Crippen molar-refractivity contribution in [1.29, 1.82) is 0 Å². The number of methoxy groups -OCH3 is 1. The van der Waals surface area contributed by atoms with Crippen molar-refractivity contribution in [3.8, 4) is 0 Å². The van der Waals surface area contributed by atoms with Crippen molar-refractivity contribution in [2.75, 3.05) is 7.11 Å². The molecule has 11 heavy (non-hydrogen) atoms. The Morgan fingerprint density at radius 1 is 1.00 bits per heavy atom. The average molecular weight is 158 g/mol. The lowest BCUT2D eigenvalue weighted by molar-refractivity contribution is -0.110. The first-order chi connectivity index (χ1) is 4.75. The monoisotopic (exact) mass is 158 g/mol. The number of ether oxygens (including phenoxy) is 1. The van der Waals surface area contributed by atoms with Gasteiger partial charge in [0.25, 0.3) is 0 Å². The van der Waals surface area contributed by atoms with Gasteiger partial charge in [0.15, 0.2) is 0 Å². The molecule has 0 amide bonds. The van der Waals surface area contributed by atoms with Gasteiger partial charge in [-0.15, -0.1) is 0 Å². The molecule has 0 saturated carbocycles. The standard InChI is InChI=1S/C10H22O/c1-8(2)10(6,11-7)9(3,4)5/h8H,1-7H3. The van der Waals surface area contributed by atoms with Gasteiger partial charge in [-0.1, -0.05) is 34.6 Å². The van der Waals surface area contributed by atoms with Crippen LogP contribution < -0.4 is 0 Å². The molecule has 1 atom stereocenters. The SMILES string of the molecule is COC(C)(C(C)C)C(C)(C)C. The first-order valence-corrected chi connectivity index (χ1v) is 4.31.